The van der Waals surface area contributed by atoms with Crippen LogP contribution in [-0.4, -0.2) is 12.5 Å². The lowest BCUT2D eigenvalue weighted by Gasteiger charge is -2.07. The second-order valence-corrected chi connectivity index (χ2v) is 9.36. The summed E-state index contributed by atoms with van der Waals surface area (Å²) in [6, 6.07) is 19.8. The molecule has 3 nitrogen and oxygen atoms in total. The van der Waals surface area contributed by atoms with Crippen LogP contribution in [0.1, 0.15) is 32.1 Å². The first kappa shape index (κ1) is 20.7. The van der Waals surface area contributed by atoms with Gasteiger partial charge in [0, 0.05) is 17.0 Å². The molecular formula is C22H23NO2S3. The van der Waals surface area contributed by atoms with Crippen molar-refractivity contribution in [2.24, 2.45) is 0 Å². The normalized spacial score (nSPS) is 10.6. The number of hydrogen-bond donors (Lipinski definition) is 1. The maximum Gasteiger partial charge on any atom is 0.224 e. The van der Waals surface area contributed by atoms with Gasteiger partial charge in [0.1, 0.15) is 9.57 Å². The molecule has 1 N–H and O–H groups in total. The number of nitrogens with one attached hydrogen (secondary N) is 1. The van der Waals surface area contributed by atoms with Gasteiger partial charge < -0.3 is 10.1 Å². The first-order valence-corrected chi connectivity index (χ1v) is 11.9. The van der Waals surface area contributed by atoms with Gasteiger partial charge in [-0.05, 0) is 60.9 Å². The number of carbonyl (C=O) groups excluding carboxylic acids is 1. The topological polar surface area (TPSA) is 38.3 Å². The highest BCUT2D eigenvalue weighted by Crippen LogP contribution is 2.30. The Morgan fingerprint density at radius 1 is 0.929 bits per heavy atom. The zero-order valence-electron chi connectivity index (χ0n) is 15.6. The highest BCUT2D eigenvalue weighted by molar-refractivity contribution is 7.80. The third-order valence-electron chi connectivity index (χ3n) is 4.23. The van der Waals surface area contributed by atoms with Crippen LogP contribution in [0.15, 0.2) is 60.7 Å². The Hall–Kier alpha value is -2.02. The number of para-hydroxylation sites is 1. The van der Waals surface area contributed by atoms with E-state index in [1.54, 1.807) is 20.7 Å². The highest BCUT2D eigenvalue weighted by atomic mass is 32.9. The van der Waals surface area contributed by atoms with Gasteiger partial charge in [0.05, 0.1) is 6.61 Å². The van der Waals surface area contributed by atoms with E-state index in [0.29, 0.717) is 13.0 Å². The van der Waals surface area contributed by atoms with Crippen LogP contribution in [-0.2, 0) is 4.79 Å². The smallest absolute Gasteiger partial charge is 0.224 e. The molecule has 0 atom stereocenters. The quantitative estimate of drug-likeness (QED) is 0.211. The largest absolute Gasteiger partial charge is 0.494 e. The van der Waals surface area contributed by atoms with Gasteiger partial charge in [0.2, 0.25) is 5.91 Å². The standard InChI is InChI=1S/C22H23NO2S3/c24-21(23-18-8-4-3-5-9-18)10-6-1-2-7-15-25-19-13-11-17(12-14-19)20-16-22(26)28-27-20/h3-5,8-9,11-14,16H,1-2,6-7,10,15H2,(H,23,24). The summed E-state index contributed by atoms with van der Waals surface area (Å²) in [6.45, 7) is 0.701. The zero-order chi connectivity index (χ0) is 19.6. The summed E-state index contributed by atoms with van der Waals surface area (Å²) < 4.78 is 6.74. The molecule has 0 bridgehead atoms. The first-order valence-electron chi connectivity index (χ1n) is 9.39. The van der Waals surface area contributed by atoms with Crippen molar-refractivity contribution in [2.45, 2.75) is 32.1 Å². The number of hydrogen-bond acceptors (Lipinski definition) is 5. The number of anilines is 1. The monoisotopic (exact) mass is 429 g/mol. The summed E-state index contributed by atoms with van der Waals surface area (Å²) in [5.41, 5.74) is 2.04. The zero-order valence-corrected chi connectivity index (χ0v) is 18.0. The summed E-state index contributed by atoms with van der Waals surface area (Å²) >= 11 is 5.19. The fourth-order valence-corrected chi connectivity index (χ4v) is 5.17. The Labute approximate surface area is 178 Å². The van der Waals surface area contributed by atoms with E-state index >= 15 is 0 Å². The number of ether oxygens (including phenoxy) is 1. The van der Waals surface area contributed by atoms with Crippen molar-refractivity contribution in [2.75, 3.05) is 11.9 Å². The van der Waals surface area contributed by atoms with Gasteiger partial charge in [-0.25, -0.2) is 0 Å². The van der Waals surface area contributed by atoms with Crippen LogP contribution in [0.4, 0.5) is 5.69 Å². The average molecular weight is 430 g/mol. The van der Waals surface area contributed by atoms with Crippen molar-refractivity contribution >= 4 is 44.5 Å². The lowest BCUT2D eigenvalue weighted by atomic mass is 10.1. The summed E-state index contributed by atoms with van der Waals surface area (Å²) in [7, 11) is 3.34. The van der Waals surface area contributed by atoms with Gasteiger partial charge in [0.15, 0.2) is 0 Å². The molecule has 3 aromatic rings. The van der Waals surface area contributed by atoms with Crippen LogP contribution in [0.3, 0.4) is 0 Å². The fraction of sp³-hybridized carbons (Fsp3) is 0.273. The molecule has 1 heterocycles. The van der Waals surface area contributed by atoms with E-state index in [2.05, 4.69) is 17.4 Å². The third-order valence-corrected chi connectivity index (χ3v) is 7.14. The SMILES string of the molecule is O=C(CCCCCCOc1ccc(-c2cc(=S)ss2)cc1)Nc1ccccc1. The van der Waals surface area contributed by atoms with Crippen LogP contribution in [0, 0.1) is 3.82 Å². The summed E-state index contributed by atoms with van der Waals surface area (Å²) in [6.07, 6.45) is 4.56. The molecule has 1 amide bonds. The molecule has 28 heavy (non-hydrogen) atoms. The van der Waals surface area contributed by atoms with E-state index < -0.39 is 0 Å². The molecule has 6 heteroatoms. The maximum atomic E-state index is 11.9. The molecular weight excluding hydrogens is 406 g/mol. The van der Waals surface area contributed by atoms with Gasteiger partial charge >= 0.3 is 0 Å². The van der Waals surface area contributed by atoms with E-state index in [9.17, 15) is 4.79 Å². The Balaban J connectivity index is 1.27. The molecule has 2 aromatic carbocycles. The second kappa shape index (κ2) is 11.1. The van der Waals surface area contributed by atoms with Crippen LogP contribution < -0.4 is 10.1 Å². The molecule has 0 saturated heterocycles. The molecule has 3 rings (SSSR count). The summed E-state index contributed by atoms with van der Waals surface area (Å²) in [5.74, 6) is 0.974. The van der Waals surface area contributed by atoms with Crippen LogP contribution >= 0.6 is 32.9 Å². The maximum absolute atomic E-state index is 11.9. The average Bonchev–Trinajstić information content (AvgIpc) is 3.15. The minimum Gasteiger partial charge on any atom is -0.494 e. The van der Waals surface area contributed by atoms with Gasteiger partial charge in [-0.1, -0.05) is 63.9 Å². The Kier molecular flexibility index (Phi) is 8.21. The second-order valence-electron chi connectivity index (χ2n) is 6.45. The molecule has 0 aliphatic carbocycles. The van der Waals surface area contributed by atoms with Crippen molar-refractivity contribution in [1.82, 2.24) is 0 Å². The van der Waals surface area contributed by atoms with Gasteiger partial charge in [-0.2, -0.15) is 0 Å². The van der Waals surface area contributed by atoms with Gasteiger partial charge in [0.25, 0.3) is 0 Å². The first-order chi connectivity index (χ1) is 13.7. The summed E-state index contributed by atoms with van der Waals surface area (Å²) in [5, 5.41) is 2.92. The van der Waals surface area contributed by atoms with E-state index in [4.69, 9.17) is 17.0 Å². The van der Waals surface area contributed by atoms with Gasteiger partial charge in [-0.15, -0.1) is 0 Å². The number of rotatable bonds is 10. The van der Waals surface area contributed by atoms with E-state index in [0.717, 1.165) is 40.9 Å². The van der Waals surface area contributed by atoms with Gasteiger partial charge in [-0.3, -0.25) is 4.79 Å². The lowest BCUT2D eigenvalue weighted by Crippen LogP contribution is -2.10. The Morgan fingerprint density at radius 3 is 2.39 bits per heavy atom. The fourth-order valence-electron chi connectivity index (χ4n) is 2.76. The molecule has 0 radical (unpaired) electrons. The number of carbonyl (C=O) groups is 1. The molecule has 1 aromatic heterocycles. The third kappa shape index (κ3) is 6.86. The van der Waals surface area contributed by atoms with Crippen molar-refractivity contribution < 1.29 is 9.53 Å². The Morgan fingerprint density at radius 2 is 1.68 bits per heavy atom. The van der Waals surface area contributed by atoms with E-state index in [1.807, 2.05) is 48.5 Å². The van der Waals surface area contributed by atoms with Crippen molar-refractivity contribution in [3.8, 4) is 16.2 Å². The van der Waals surface area contributed by atoms with Crippen LogP contribution in [0.2, 0.25) is 0 Å². The number of amides is 1. The minimum atomic E-state index is 0.0808. The van der Waals surface area contributed by atoms with Crippen molar-refractivity contribution in [1.29, 1.82) is 0 Å². The molecule has 0 unspecified atom stereocenters. The predicted octanol–water partition coefficient (Wildman–Crippen LogP) is 7.17. The van der Waals surface area contributed by atoms with Crippen LogP contribution in [0.5, 0.6) is 5.75 Å². The van der Waals surface area contributed by atoms with E-state index in [-0.39, 0.29) is 5.91 Å². The number of unbranched alkanes of at least 4 members (excludes halogenated alkanes) is 3. The van der Waals surface area contributed by atoms with Crippen molar-refractivity contribution in [3.63, 3.8) is 0 Å². The number of benzene rings is 2. The molecule has 146 valence electrons. The van der Waals surface area contributed by atoms with Crippen LogP contribution in [0.25, 0.3) is 10.4 Å². The Bertz CT molecular complexity index is 917. The lowest BCUT2D eigenvalue weighted by molar-refractivity contribution is -0.116. The predicted molar refractivity (Wildman–Crippen MR) is 122 cm³/mol. The molecule has 0 aliphatic rings. The summed E-state index contributed by atoms with van der Waals surface area (Å²) in [4.78, 5) is 13.1. The molecule has 0 fully saturated rings. The van der Waals surface area contributed by atoms with Crippen molar-refractivity contribution in [3.05, 3.63) is 64.5 Å². The molecule has 0 saturated carbocycles. The van der Waals surface area contributed by atoms with E-state index in [1.165, 1.54) is 10.4 Å². The molecule has 0 spiro atoms. The molecule has 0 aliphatic heterocycles. The minimum absolute atomic E-state index is 0.0808. The highest BCUT2D eigenvalue weighted by Gasteiger charge is 2.03.